The van der Waals surface area contributed by atoms with E-state index in [1.54, 1.807) is 18.7 Å². The molecule has 6 nitrogen and oxygen atoms in total. The Bertz CT molecular complexity index is 405. The molecule has 20 heavy (non-hydrogen) atoms. The fraction of sp³-hybridized carbons (Fsp3) is 0.923. The maximum atomic E-state index is 12.1. The van der Waals surface area contributed by atoms with Crippen molar-refractivity contribution < 1.29 is 17.9 Å². The average molecular weight is 306 g/mol. The molecule has 0 aromatic heterocycles. The lowest BCUT2D eigenvalue weighted by Gasteiger charge is -2.28. The van der Waals surface area contributed by atoms with Crippen LogP contribution in [0.15, 0.2) is 0 Å². The van der Waals surface area contributed by atoms with Crippen LogP contribution in [0, 0.1) is 0 Å². The highest BCUT2D eigenvalue weighted by atomic mass is 32.2. The van der Waals surface area contributed by atoms with E-state index in [0.29, 0.717) is 13.1 Å². The third-order valence-corrected chi connectivity index (χ3v) is 5.44. The number of carbonyl (C=O) groups excluding carboxylic acids is 1. The van der Waals surface area contributed by atoms with Gasteiger partial charge in [0.15, 0.2) is 9.84 Å². The Labute approximate surface area is 121 Å². The normalized spacial score (nSPS) is 20.6. The molecule has 0 bridgehead atoms. The van der Waals surface area contributed by atoms with Crippen LogP contribution in [-0.4, -0.2) is 62.7 Å². The zero-order valence-corrected chi connectivity index (χ0v) is 13.4. The van der Waals surface area contributed by atoms with Crippen molar-refractivity contribution in [1.82, 2.24) is 10.2 Å². The number of nitrogens with zero attached hydrogens (tertiary/aromatic N) is 1. The van der Waals surface area contributed by atoms with Gasteiger partial charge >= 0.3 is 6.03 Å². The number of ether oxygens (including phenoxy) is 1. The number of hydrogen-bond acceptors (Lipinski definition) is 4. The van der Waals surface area contributed by atoms with Gasteiger partial charge in [-0.1, -0.05) is 6.92 Å². The van der Waals surface area contributed by atoms with Crippen LogP contribution in [-0.2, 0) is 14.6 Å². The second-order valence-corrected chi connectivity index (χ2v) is 7.55. The highest BCUT2D eigenvalue weighted by Crippen LogP contribution is 2.11. The molecular formula is C13H26N2O4S. The van der Waals surface area contributed by atoms with Gasteiger partial charge in [0.1, 0.15) is 0 Å². The van der Waals surface area contributed by atoms with Gasteiger partial charge in [-0.25, -0.2) is 13.2 Å². The van der Waals surface area contributed by atoms with Crippen LogP contribution in [0.5, 0.6) is 0 Å². The Morgan fingerprint density at radius 2 is 2.15 bits per heavy atom. The third-order valence-electron chi connectivity index (χ3n) is 3.57. The van der Waals surface area contributed by atoms with Gasteiger partial charge < -0.3 is 15.0 Å². The number of hydrogen-bond donors (Lipinski definition) is 1. The van der Waals surface area contributed by atoms with Crippen molar-refractivity contribution in [2.45, 2.75) is 45.8 Å². The van der Waals surface area contributed by atoms with E-state index in [-0.39, 0.29) is 29.7 Å². The molecule has 1 saturated heterocycles. The standard InChI is InChI=1S/C13H26N2O4S/c1-4-15(11(3)10-20(17,18)5-2)13(16)14-9-12-7-6-8-19-12/h11-12H,4-10H2,1-3H3,(H,14,16)/t11-,12-/m1/s1. The molecule has 1 N–H and O–H groups in total. The number of sulfone groups is 1. The van der Waals surface area contributed by atoms with Crippen LogP contribution in [0.4, 0.5) is 4.79 Å². The highest BCUT2D eigenvalue weighted by molar-refractivity contribution is 7.91. The van der Waals surface area contributed by atoms with Crippen molar-refractivity contribution in [3.8, 4) is 0 Å². The van der Waals surface area contributed by atoms with Crippen LogP contribution in [0.2, 0.25) is 0 Å². The minimum atomic E-state index is -3.08. The van der Waals surface area contributed by atoms with Gasteiger partial charge in [-0.2, -0.15) is 0 Å². The Morgan fingerprint density at radius 3 is 2.65 bits per heavy atom. The largest absolute Gasteiger partial charge is 0.376 e. The molecular weight excluding hydrogens is 280 g/mol. The minimum absolute atomic E-state index is 0.00465. The first-order valence-corrected chi connectivity index (χ1v) is 9.08. The Kier molecular flexibility index (Phi) is 6.75. The molecule has 1 heterocycles. The predicted octanol–water partition coefficient (Wildman–Crippen LogP) is 1.02. The fourth-order valence-corrected chi connectivity index (χ4v) is 3.49. The summed E-state index contributed by atoms with van der Waals surface area (Å²) in [6.07, 6.45) is 2.09. The molecule has 0 radical (unpaired) electrons. The van der Waals surface area contributed by atoms with Crippen LogP contribution in [0.1, 0.15) is 33.6 Å². The second-order valence-electron chi connectivity index (χ2n) is 5.16. The molecule has 1 fully saturated rings. The quantitative estimate of drug-likeness (QED) is 0.762. The molecule has 1 rings (SSSR count). The van der Waals surface area contributed by atoms with Crippen molar-refractivity contribution in [2.24, 2.45) is 0 Å². The van der Waals surface area contributed by atoms with Gasteiger partial charge in [-0.15, -0.1) is 0 Å². The first-order chi connectivity index (χ1) is 9.39. The van der Waals surface area contributed by atoms with Gasteiger partial charge in [0.05, 0.1) is 11.9 Å². The molecule has 0 unspecified atom stereocenters. The summed E-state index contributed by atoms with van der Waals surface area (Å²) in [5, 5.41) is 2.83. The maximum Gasteiger partial charge on any atom is 0.317 e. The monoisotopic (exact) mass is 306 g/mol. The molecule has 1 aliphatic heterocycles. The maximum absolute atomic E-state index is 12.1. The number of rotatable bonds is 7. The number of amides is 2. The minimum Gasteiger partial charge on any atom is -0.376 e. The Balaban J connectivity index is 2.48. The van der Waals surface area contributed by atoms with Crippen molar-refractivity contribution >= 4 is 15.9 Å². The predicted molar refractivity (Wildman–Crippen MR) is 78.5 cm³/mol. The lowest BCUT2D eigenvalue weighted by molar-refractivity contribution is 0.108. The van der Waals surface area contributed by atoms with Gasteiger partial charge in [-0.05, 0) is 26.7 Å². The van der Waals surface area contributed by atoms with Crippen LogP contribution in [0.25, 0.3) is 0 Å². The second kappa shape index (κ2) is 7.83. The van der Waals surface area contributed by atoms with Crippen LogP contribution >= 0.6 is 0 Å². The van der Waals surface area contributed by atoms with Crippen molar-refractivity contribution in [3.63, 3.8) is 0 Å². The molecule has 0 spiro atoms. The fourth-order valence-electron chi connectivity index (χ4n) is 2.34. The van der Waals surface area contributed by atoms with E-state index in [0.717, 1.165) is 19.4 Å². The third kappa shape index (κ3) is 5.28. The van der Waals surface area contributed by atoms with Gasteiger partial charge in [-0.3, -0.25) is 0 Å². The van der Waals surface area contributed by atoms with E-state index < -0.39 is 9.84 Å². The van der Waals surface area contributed by atoms with Crippen molar-refractivity contribution in [3.05, 3.63) is 0 Å². The topological polar surface area (TPSA) is 75.7 Å². The molecule has 1 aliphatic rings. The van der Waals surface area contributed by atoms with E-state index in [2.05, 4.69) is 5.32 Å². The molecule has 0 saturated carbocycles. The lowest BCUT2D eigenvalue weighted by atomic mass is 10.2. The number of urea groups is 1. The number of carbonyl (C=O) groups is 1. The first-order valence-electron chi connectivity index (χ1n) is 7.26. The molecule has 2 atom stereocenters. The first kappa shape index (κ1) is 17.2. The summed E-state index contributed by atoms with van der Waals surface area (Å²) >= 11 is 0. The van der Waals surface area contributed by atoms with Gasteiger partial charge in [0.25, 0.3) is 0 Å². The SMILES string of the molecule is CCN(C(=O)NC[C@H]1CCCO1)[C@H](C)CS(=O)(=O)CC. The van der Waals surface area contributed by atoms with Gasteiger partial charge in [0.2, 0.25) is 0 Å². The summed E-state index contributed by atoms with van der Waals surface area (Å²) in [5.41, 5.74) is 0. The molecule has 2 amide bonds. The van der Waals surface area contributed by atoms with Crippen LogP contribution in [0.3, 0.4) is 0 Å². The summed E-state index contributed by atoms with van der Waals surface area (Å²) in [7, 11) is -3.08. The van der Waals surface area contributed by atoms with Gasteiger partial charge in [0, 0.05) is 31.5 Å². The summed E-state index contributed by atoms with van der Waals surface area (Å²) in [6.45, 7) is 6.96. The smallest absolute Gasteiger partial charge is 0.317 e. The van der Waals surface area contributed by atoms with E-state index in [1.807, 2.05) is 6.92 Å². The van der Waals surface area contributed by atoms with Crippen molar-refractivity contribution in [2.75, 3.05) is 31.2 Å². The summed E-state index contributed by atoms with van der Waals surface area (Å²) in [4.78, 5) is 13.7. The zero-order valence-electron chi connectivity index (χ0n) is 12.6. The molecule has 7 heteroatoms. The van der Waals surface area contributed by atoms with E-state index >= 15 is 0 Å². The molecule has 0 aliphatic carbocycles. The average Bonchev–Trinajstić information content (AvgIpc) is 2.89. The van der Waals surface area contributed by atoms with E-state index in [4.69, 9.17) is 4.74 Å². The van der Waals surface area contributed by atoms with E-state index in [1.165, 1.54) is 0 Å². The lowest BCUT2D eigenvalue weighted by Crippen LogP contribution is -2.49. The van der Waals surface area contributed by atoms with E-state index in [9.17, 15) is 13.2 Å². The summed E-state index contributed by atoms with van der Waals surface area (Å²) in [6, 6.07) is -0.545. The highest BCUT2D eigenvalue weighted by Gasteiger charge is 2.24. The van der Waals surface area contributed by atoms with Crippen LogP contribution < -0.4 is 5.32 Å². The Morgan fingerprint density at radius 1 is 1.45 bits per heavy atom. The summed E-state index contributed by atoms with van der Waals surface area (Å²) < 4.78 is 28.7. The number of nitrogens with one attached hydrogen (secondary N) is 1. The molecule has 0 aromatic carbocycles. The zero-order chi connectivity index (χ0) is 15.2. The molecule has 118 valence electrons. The summed E-state index contributed by atoms with van der Waals surface area (Å²) in [5.74, 6) is 0.108. The Hall–Kier alpha value is -0.820. The van der Waals surface area contributed by atoms with Crippen molar-refractivity contribution in [1.29, 1.82) is 0 Å². The molecule has 0 aromatic rings.